The lowest BCUT2D eigenvalue weighted by atomic mass is 10.4. The third-order valence-electron chi connectivity index (χ3n) is 1.80. The predicted molar refractivity (Wildman–Crippen MR) is 59.7 cm³/mol. The number of hydrogen-bond donors (Lipinski definition) is 1. The van der Waals surface area contributed by atoms with E-state index < -0.39 is 0 Å². The molecule has 0 spiro atoms. The first kappa shape index (κ1) is 13.9. The maximum Gasteiger partial charge on any atom is 0.0594 e. The highest BCUT2D eigenvalue weighted by molar-refractivity contribution is 4.46. The number of unbranched alkanes of at least 4 members (excludes halogenated alkanes) is 1. The van der Waals surface area contributed by atoms with Crippen molar-refractivity contribution in [2.75, 3.05) is 32.9 Å². The molecule has 0 radical (unpaired) electrons. The van der Waals surface area contributed by atoms with Crippen molar-refractivity contribution in [2.24, 2.45) is 0 Å². The summed E-state index contributed by atoms with van der Waals surface area (Å²) in [7, 11) is 0. The molecule has 0 atom stereocenters. The summed E-state index contributed by atoms with van der Waals surface area (Å²) in [4.78, 5) is 0. The molecule has 3 heteroatoms. The Morgan fingerprint density at radius 2 is 1.79 bits per heavy atom. The van der Waals surface area contributed by atoms with Gasteiger partial charge in [0.15, 0.2) is 0 Å². The summed E-state index contributed by atoms with van der Waals surface area (Å²) in [6.45, 7) is 10.6. The van der Waals surface area contributed by atoms with Crippen LogP contribution in [0.3, 0.4) is 0 Å². The van der Waals surface area contributed by atoms with Crippen LogP contribution in [0, 0.1) is 0 Å². The molecular weight excluding hydrogens is 178 g/mol. The zero-order valence-corrected chi connectivity index (χ0v) is 9.84. The van der Waals surface area contributed by atoms with E-state index >= 15 is 0 Å². The molecule has 0 aliphatic carbocycles. The van der Waals surface area contributed by atoms with Crippen molar-refractivity contribution >= 4 is 0 Å². The van der Waals surface area contributed by atoms with Crippen molar-refractivity contribution in [3.8, 4) is 0 Å². The summed E-state index contributed by atoms with van der Waals surface area (Å²) < 4.78 is 10.8. The van der Waals surface area contributed by atoms with E-state index in [0.717, 1.165) is 39.3 Å². The second-order valence-corrected chi connectivity index (χ2v) is 3.64. The molecule has 0 unspecified atom stereocenters. The molecule has 0 aromatic carbocycles. The molecule has 0 aliphatic heterocycles. The Labute approximate surface area is 88.2 Å². The molecule has 14 heavy (non-hydrogen) atoms. The fourth-order valence-corrected chi connectivity index (χ4v) is 0.985. The Morgan fingerprint density at radius 1 is 1.07 bits per heavy atom. The summed E-state index contributed by atoms with van der Waals surface area (Å²) in [5, 5.41) is 3.27. The molecule has 0 aromatic heterocycles. The van der Waals surface area contributed by atoms with Crippen LogP contribution >= 0.6 is 0 Å². The molecular formula is C11H25NO2. The highest BCUT2D eigenvalue weighted by atomic mass is 16.5. The SMILES string of the molecule is CCCCOCCNCCOC(C)C. The van der Waals surface area contributed by atoms with E-state index in [1.165, 1.54) is 6.42 Å². The summed E-state index contributed by atoms with van der Waals surface area (Å²) in [5.41, 5.74) is 0. The normalized spacial score (nSPS) is 11.1. The topological polar surface area (TPSA) is 30.5 Å². The third kappa shape index (κ3) is 11.9. The maximum absolute atomic E-state index is 5.40. The average Bonchev–Trinajstić information content (AvgIpc) is 2.15. The van der Waals surface area contributed by atoms with Crippen LogP contribution in [0.2, 0.25) is 0 Å². The predicted octanol–water partition coefficient (Wildman–Crippen LogP) is 1.82. The van der Waals surface area contributed by atoms with Gasteiger partial charge in [0, 0.05) is 19.7 Å². The van der Waals surface area contributed by atoms with Gasteiger partial charge < -0.3 is 14.8 Å². The van der Waals surface area contributed by atoms with Crippen molar-refractivity contribution < 1.29 is 9.47 Å². The lowest BCUT2D eigenvalue weighted by Crippen LogP contribution is -2.25. The average molecular weight is 203 g/mol. The molecule has 0 aliphatic rings. The highest BCUT2D eigenvalue weighted by Crippen LogP contribution is 1.87. The zero-order valence-electron chi connectivity index (χ0n) is 9.84. The Bertz CT molecular complexity index is 107. The van der Waals surface area contributed by atoms with Crippen molar-refractivity contribution in [2.45, 2.75) is 39.7 Å². The Morgan fingerprint density at radius 3 is 2.43 bits per heavy atom. The van der Waals surface area contributed by atoms with Crippen LogP contribution in [0.25, 0.3) is 0 Å². The molecule has 1 N–H and O–H groups in total. The van der Waals surface area contributed by atoms with Crippen LogP contribution in [-0.2, 0) is 9.47 Å². The van der Waals surface area contributed by atoms with Crippen molar-refractivity contribution in [3.05, 3.63) is 0 Å². The van der Waals surface area contributed by atoms with Crippen molar-refractivity contribution in [1.82, 2.24) is 5.32 Å². The van der Waals surface area contributed by atoms with Crippen LogP contribution in [0.1, 0.15) is 33.6 Å². The molecule has 0 saturated heterocycles. The van der Waals surface area contributed by atoms with Gasteiger partial charge in [-0.15, -0.1) is 0 Å². The second-order valence-electron chi connectivity index (χ2n) is 3.64. The van der Waals surface area contributed by atoms with E-state index in [9.17, 15) is 0 Å². The second kappa shape index (κ2) is 11.0. The fourth-order valence-electron chi connectivity index (χ4n) is 0.985. The van der Waals surface area contributed by atoms with Crippen LogP contribution in [-0.4, -0.2) is 39.0 Å². The largest absolute Gasteiger partial charge is 0.380 e. The molecule has 0 amide bonds. The van der Waals surface area contributed by atoms with E-state index in [2.05, 4.69) is 12.2 Å². The van der Waals surface area contributed by atoms with Gasteiger partial charge in [-0.3, -0.25) is 0 Å². The number of rotatable bonds is 10. The molecule has 0 bridgehead atoms. The molecule has 3 nitrogen and oxygen atoms in total. The molecule has 0 saturated carbocycles. The molecule has 0 fully saturated rings. The molecule has 0 heterocycles. The smallest absolute Gasteiger partial charge is 0.0594 e. The monoisotopic (exact) mass is 203 g/mol. The van der Waals surface area contributed by atoms with E-state index in [-0.39, 0.29) is 0 Å². The molecule has 86 valence electrons. The fraction of sp³-hybridized carbons (Fsp3) is 1.00. The number of ether oxygens (including phenoxy) is 2. The summed E-state index contributed by atoms with van der Waals surface area (Å²) >= 11 is 0. The van der Waals surface area contributed by atoms with Gasteiger partial charge in [0.05, 0.1) is 19.3 Å². The van der Waals surface area contributed by atoms with Gasteiger partial charge in [-0.2, -0.15) is 0 Å². The summed E-state index contributed by atoms with van der Waals surface area (Å²) in [6.07, 6.45) is 2.70. The molecule has 0 aromatic rings. The van der Waals surface area contributed by atoms with Crippen LogP contribution in [0.5, 0.6) is 0 Å². The lowest BCUT2D eigenvalue weighted by Gasteiger charge is -2.08. The Kier molecular flexibility index (Phi) is 10.9. The minimum Gasteiger partial charge on any atom is -0.380 e. The van der Waals surface area contributed by atoms with Gasteiger partial charge in [0.2, 0.25) is 0 Å². The van der Waals surface area contributed by atoms with E-state index in [1.807, 2.05) is 13.8 Å². The van der Waals surface area contributed by atoms with Gasteiger partial charge in [-0.25, -0.2) is 0 Å². The van der Waals surface area contributed by atoms with Gasteiger partial charge in [0.1, 0.15) is 0 Å². The summed E-state index contributed by atoms with van der Waals surface area (Å²) in [5.74, 6) is 0. The van der Waals surface area contributed by atoms with Gasteiger partial charge >= 0.3 is 0 Å². The van der Waals surface area contributed by atoms with Crippen LogP contribution in [0.15, 0.2) is 0 Å². The van der Waals surface area contributed by atoms with E-state index in [4.69, 9.17) is 9.47 Å². The quantitative estimate of drug-likeness (QED) is 0.549. The standard InChI is InChI=1S/C11H25NO2/c1-4-5-8-13-9-6-12-7-10-14-11(2)3/h11-12H,4-10H2,1-3H3. The molecule has 0 rings (SSSR count). The van der Waals surface area contributed by atoms with Gasteiger partial charge in [-0.1, -0.05) is 13.3 Å². The number of hydrogen-bond acceptors (Lipinski definition) is 3. The minimum atomic E-state index is 0.331. The van der Waals surface area contributed by atoms with Gasteiger partial charge in [-0.05, 0) is 20.3 Å². The maximum atomic E-state index is 5.40. The highest BCUT2D eigenvalue weighted by Gasteiger charge is 1.92. The Hall–Kier alpha value is -0.120. The minimum absolute atomic E-state index is 0.331. The zero-order chi connectivity index (χ0) is 10.6. The first-order chi connectivity index (χ1) is 6.77. The van der Waals surface area contributed by atoms with Gasteiger partial charge in [0.25, 0.3) is 0 Å². The van der Waals surface area contributed by atoms with Crippen molar-refractivity contribution in [1.29, 1.82) is 0 Å². The Balaban J connectivity index is 2.85. The third-order valence-corrected chi connectivity index (χ3v) is 1.80. The van der Waals surface area contributed by atoms with Crippen molar-refractivity contribution in [3.63, 3.8) is 0 Å². The number of nitrogens with one attached hydrogen (secondary N) is 1. The first-order valence-corrected chi connectivity index (χ1v) is 5.67. The van der Waals surface area contributed by atoms with E-state index in [0.29, 0.717) is 6.10 Å². The van der Waals surface area contributed by atoms with E-state index in [1.54, 1.807) is 0 Å². The van der Waals surface area contributed by atoms with Crippen LogP contribution in [0.4, 0.5) is 0 Å². The summed E-state index contributed by atoms with van der Waals surface area (Å²) in [6, 6.07) is 0. The van der Waals surface area contributed by atoms with Crippen LogP contribution < -0.4 is 5.32 Å². The first-order valence-electron chi connectivity index (χ1n) is 5.67. The lowest BCUT2D eigenvalue weighted by molar-refractivity contribution is 0.0781.